The maximum Gasteiger partial charge on any atom is 0.330 e. The summed E-state index contributed by atoms with van der Waals surface area (Å²) in [7, 11) is 0. The van der Waals surface area contributed by atoms with E-state index in [0.29, 0.717) is 131 Å². The number of esters is 1. The van der Waals surface area contributed by atoms with Crippen molar-refractivity contribution in [2.45, 2.75) is 18.9 Å². The molecule has 2 N–H and O–H groups in total. The highest BCUT2D eigenvalue weighted by Gasteiger charge is 2.45. The molecule has 1 atom stereocenters. The van der Waals surface area contributed by atoms with Crippen molar-refractivity contribution in [3.8, 4) is 0 Å². The maximum atomic E-state index is 13.1. The summed E-state index contributed by atoms with van der Waals surface area (Å²) < 4.78 is 53.8. The molecule has 1 aromatic rings. The Morgan fingerprint density at radius 1 is 0.667 bits per heavy atom. The van der Waals surface area contributed by atoms with Gasteiger partial charge in [0.2, 0.25) is 11.8 Å². The van der Waals surface area contributed by atoms with Crippen molar-refractivity contribution in [1.29, 1.82) is 0 Å². The van der Waals surface area contributed by atoms with Crippen LogP contribution in [0.5, 0.6) is 0 Å². The normalized spacial score (nSPS) is 15.4. The minimum absolute atomic E-state index is 0.0625. The monoisotopic (exact) mass is 767 g/mol. The Balaban J connectivity index is 1.02. The van der Waals surface area contributed by atoms with Gasteiger partial charge in [-0.3, -0.25) is 29.4 Å². The molecule has 4 amide bonds. The Morgan fingerprint density at radius 3 is 1.56 bits per heavy atom. The van der Waals surface area contributed by atoms with E-state index < -0.39 is 35.6 Å². The Morgan fingerprint density at radius 2 is 1.11 bits per heavy atom. The van der Waals surface area contributed by atoms with Crippen molar-refractivity contribution in [1.82, 2.24) is 10.2 Å². The Kier molecular flexibility index (Phi) is 22.8. The number of fused-ring (bicyclic) bond motifs is 1. The van der Waals surface area contributed by atoms with Crippen LogP contribution in [0.15, 0.2) is 30.9 Å². The molecule has 2 heterocycles. The lowest BCUT2D eigenvalue weighted by molar-refractivity contribution is -0.139. The maximum absolute atomic E-state index is 13.1. The zero-order chi connectivity index (χ0) is 38.6. The first kappa shape index (κ1) is 44.5. The molecule has 302 valence electrons. The van der Waals surface area contributed by atoms with Gasteiger partial charge in [-0.05, 0) is 18.6 Å². The number of carbonyl (C=O) groups is 5. The molecule has 54 heavy (non-hydrogen) atoms. The molecular formula is C36H53N3O15. The molecule has 0 aliphatic carbocycles. The number of carbonyl (C=O) groups excluding carboxylic acids is 5. The number of ether oxygens (including phenoxy) is 10. The molecule has 3 rings (SSSR count). The molecule has 0 spiro atoms. The van der Waals surface area contributed by atoms with Crippen LogP contribution in [0.25, 0.3) is 0 Å². The summed E-state index contributed by atoms with van der Waals surface area (Å²) in [5.74, 6) is -2.65. The molecule has 0 radical (unpaired) electrons. The molecule has 1 unspecified atom stereocenters. The summed E-state index contributed by atoms with van der Waals surface area (Å²) >= 11 is 0. The van der Waals surface area contributed by atoms with Crippen molar-refractivity contribution in [2.24, 2.45) is 0 Å². The molecule has 1 fully saturated rings. The second-order valence-corrected chi connectivity index (χ2v) is 11.5. The van der Waals surface area contributed by atoms with Crippen molar-refractivity contribution in [2.75, 3.05) is 137 Å². The fourth-order valence-corrected chi connectivity index (χ4v) is 5.04. The number of imide groups is 2. The third-order valence-corrected chi connectivity index (χ3v) is 7.64. The van der Waals surface area contributed by atoms with Crippen LogP contribution in [0.1, 0.15) is 33.6 Å². The number of hydrogen-bond acceptors (Lipinski definition) is 16. The lowest BCUT2D eigenvalue weighted by atomic mass is 10.0. The average Bonchev–Trinajstić information content (AvgIpc) is 3.42. The second-order valence-electron chi connectivity index (χ2n) is 11.5. The van der Waals surface area contributed by atoms with Crippen molar-refractivity contribution in [3.63, 3.8) is 0 Å². The highest BCUT2D eigenvalue weighted by molar-refractivity contribution is 6.25. The number of nitrogens with one attached hydrogen (secondary N) is 2. The van der Waals surface area contributed by atoms with Gasteiger partial charge in [0, 0.05) is 24.7 Å². The molecule has 0 bridgehead atoms. The predicted molar refractivity (Wildman–Crippen MR) is 190 cm³/mol. The number of rotatable bonds is 33. The average molecular weight is 768 g/mol. The van der Waals surface area contributed by atoms with Crippen LogP contribution in [0, 0.1) is 0 Å². The first-order chi connectivity index (χ1) is 26.4. The van der Waals surface area contributed by atoms with E-state index in [0.717, 1.165) is 11.0 Å². The zero-order valence-corrected chi connectivity index (χ0v) is 30.7. The van der Waals surface area contributed by atoms with Gasteiger partial charge in [-0.15, -0.1) is 0 Å². The van der Waals surface area contributed by atoms with Crippen molar-refractivity contribution in [3.05, 3.63) is 42.0 Å². The summed E-state index contributed by atoms with van der Waals surface area (Å²) in [4.78, 5) is 61.7. The highest BCUT2D eigenvalue weighted by Crippen LogP contribution is 2.32. The van der Waals surface area contributed by atoms with Crippen LogP contribution in [-0.2, 0) is 61.8 Å². The Hall–Kier alpha value is -3.85. The van der Waals surface area contributed by atoms with E-state index in [4.69, 9.17) is 47.4 Å². The van der Waals surface area contributed by atoms with Gasteiger partial charge in [-0.1, -0.05) is 12.6 Å². The van der Waals surface area contributed by atoms with Gasteiger partial charge < -0.3 is 52.7 Å². The summed E-state index contributed by atoms with van der Waals surface area (Å²) in [5.41, 5.74) is 0.894. The molecule has 2 aliphatic heterocycles. The number of anilines is 1. The summed E-state index contributed by atoms with van der Waals surface area (Å²) in [5, 5.41) is 5.32. The van der Waals surface area contributed by atoms with Gasteiger partial charge >= 0.3 is 5.97 Å². The molecule has 18 nitrogen and oxygen atoms in total. The van der Waals surface area contributed by atoms with Crippen LogP contribution in [0.3, 0.4) is 0 Å². The van der Waals surface area contributed by atoms with E-state index in [2.05, 4.69) is 17.2 Å². The van der Waals surface area contributed by atoms with Crippen LogP contribution in [0.2, 0.25) is 0 Å². The van der Waals surface area contributed by atoms with E-state index >= 15 is 0 Å². The molecule has 0 saturated carbocycles. The highest BCUT2D eigenvalue weighted by atomic mass is 16.6. The third-order valence-electron chi connectivity index (χ3n) is 7.64. The van der Waals surface area contributed by atoms with Gasteiger partial charge in [-0.2, -0.15) is 0 Å². The number of hydrogen-bond donors (Lipinski definition) is 2. The number of piperidine rings is 1. The fourth-order valence-electron chi connectivity index (χ4n) is 5.04. The number of nitrogens with zero attached hydrogens (tertiary/aromatic N) is 1. The quantitative estimate of drug-likeness (QED) is 0.0429. The number of amides is 4. The Labute approximate surface area is 314 Å². The number of benzene rings is 1. The summed E-state index contributed by atoms with van der Waals surface area (Å²) in [6.07, 6.45) is 1.27. The molecule has 18 heteroatoms. The van der Waals surface area contributed by atoms with Crippen LogP contribution in [0.4, 0.5) is 5.69 Å². The van der Waals surface area contributed by atoms with E-state index in [1.165, 1.54) is 0 Å². The first-order valence-corrected chi connectivity index (χ1v) is 18.0. The van der Waals surface area contributed by atoms with E-state index in [1.54, 1.807) is 18.2 Å². The fraction of sp³-hybridized carbons (Fsp3) is 0.639. The van der Waals surface area contributed by atoms with Gasteiger partial charge in [0.25, 0.3) is 11.8 Å². The molecular weight excluding hydrogens is 714 g/mol. The molecule has 2 aliphatic rings. The summed E-state index contributed by atoms with van der Waals surface area (Å²) in [6.45, 7) is 11.4. The second kappa shape index (κ2) is 27.7. The van der Waals surface area contributed by atoms with E-state index in [-0.39, 0.29) is 30.6 Å². The largest absolute Gasteiger partial charge is 0.460 e. The van der Waals surface area contributed by atoms with E-state index in [9.17, 15) is 24.0 Å². The van der Waals surface area contributed by atoms with Crippen LogP contribution in [-0.4, -0.2) is 173 Å². The minimum atomic E-state index is -1.01. The van der Waals surface area contributed by atoms with Gasteiger partial charge in [0.15, 0.2) is 0 Å². The Bertz CT molecular complexity index is 1310. The lowest BCUT2D eigenvalue weighted by Crippen LogP contribution is -2.54. The van der Waals surface area contributed by atoms with E-state index in [1.807, 2.05) is 0 Å². The van der Waals surface area contributed by atoms with Crippen LogP contribution < -0.4 is 10.6 Å². The first-order valence-electron chi connectivity index (χ1n) is 18.0. The van der Waals surface area contributed by atoms with Gasteiger partial charge in [0.05, 0.1) is 130 Å². The zero-order valence-electron chi connectivity index (χ0n) is 30.7. The van der Waals surface area contributed by atoms with Crippen molar-refractivity contribution < 1.29 is 71.3 Å². The van der Waals surface area contributed by atoms with Crippen molar-refractivity contribution >= 4 is 35.3 Å². The van der Waals surface area contributed by atoms with Gasteiger partial charge in [0.1, 0.15) is 12.6 Å². The van der Waals surface area contributed by atoms with Crippen LogP contribution >= 0.6 is 0 Å². The SMILES string of the molecule is C=CC(=O)OCCOCCOCCOCCOCCOCCOCCOCCOCCOCCNc1cccc2c1C(=O)N(C1CCC(=O)NC1=O)C2=O. The lowest BCUT2D eigenvalue weighted by Gasteiger charge is -2.27. The third kappa shape index (κ3) is 17.1. The minimum Gasteiger partial charge on any atom is -0.460 e. The standard InChI is InChI=1S/C36H53N3O15/c1-2-32(41)54-27-26-53-25-24-52-23-22-51-21-20-50-19-18-49-17-16-48-15-14-47-13-12-46-11-10-45-9-8-37-29-5-3-4-28-33(29)36(44)39(35(28)43)30-6-7-31(40)38-34(30)42/h2-5,30,37H,1,6-27H2,(H,38,40,42). The topological polar surface area (TPSA) is 205 Å². The smallest absolute Gasteiger partial charge is 0.330 e. The van der Waals surface area contributed by atoms with Gasteiger partial charge in [-0.25, -0.2) is 4.79 Å². The molecule has 1 saturated heterocycles. The summed E-state index contributed by atoms with van der Waals surface area (Å²) in [6, 6.07) is 3.89. The predicted octanol–water partition coefficient (Wildman–Crippen LogP) is 0.378. The molecule has 0 aromatic heterocycles. The molecule has 1 aromatic carbocycles.